The number of nitrogen functional groups attached to an aromatic ring is 1. The summed E-state index contributed by atoms with van der Waals surface area (Å²) in [6.45, 7) is 9.04. The Balaban J connectivity index is 2.66. The van der Waals surface area contributed by atoms with Gasteiger partial charge in [0.25, 0.3) is 5.91 Å². The Morgan fingerprint density at radius 3 is 2.63 bits per heavy atom. The van der Waals surface area contributed by atoms with E-state index in [-0.39, 0.29) is 11.9 Å². The summed E-state index contributed by atoms with van der Waals surface area (Å²) in [5.74, 6) is -0.126. The van der Waals surface area contributed by atoms with Crippen LogP contribution in [0.1, 0.15) is 31.1 Å². The Kier molecular flexibility index (Phi) is 6.31. The number of carbonyl (C=O) groups excluding carboxylic acids is 1. The van der Waals surface area contributed by atoms with Crippen molar-refractivity contribution < 1.29 is 4.79 Å². The molecule has 3 N–H and O–H groups in total. The van der Waals surface area contributed by atoms with Gasteiger partial charge in [-0.1, -0.05) is 29.8 Å². The summed E-state index contributed by atoms with van der Waals surface area (Å²) in [4.78, 5) is 14.4. The van der Waals surface area contributed by atoms with E-state index in [1.165, 1.54) is 0 Å². The molecule has 0 heterocycles. The molecule has 5 heteroatoms. The number of anilines is 1. The highest BCUT2D eigenvalue weighted by molar-refractivity contribution is 9.10. The molecule has 1 unspecified atom stereocenters. The van der Waals surface area contributed by atoms with Crippen LogP contribution in [0.5, 0.6) is 0 Å². The lowest BCUT2D eigenvalue weighted by atomic mass is 10.1. The van der Waals surface area contributed by atoms with E-state index in [2.05, 4.69) is 40.0 Å². The highest BCUT2D eigenvalue weighted by Gasteiger charge is 2.14. The van der Waals surface area contributed by atoms with Gasteiger partial charge in [-0.2, -0.15) is 0 Å². The molecule has 1 rings (SSSR count). The molecule has 0 aliphatic carbocycles. The normalized spacial score (nSPS) is 12.5. The van der Waals surface area contributed by atoms with E-state index in [0.717, 1.165) is 24.1 Å². The van der Waals surface area contributed by atoms with Crippen LogP contribution in [0.3, 0.4) is 0 Å². The molecule has 0 radical (unpaired) electrons. The first-order chi connectivity index (χ1) is 8.97. The van der Waals surface area contributed by atoms with Crippen molar-refractivity contribution >= 4 is 27.5 Å². The second kappa shape index (κ2) is 7.50. The third-order valence-corrected chi connectivity index (χ3v) is 3.56. The highest BCUT2D eigenvalue weighted by atomic mass is 79.9. The predicted molar refractivity (Wildman–Crippen MR) is 83.3 cm³/mol. The third kappa shape index (κ3) is 4.84. The van der Waals surface area contributed by atoms with Gasteiger partial charge in [-0.3, -0.25) is 4.79 Å². The standard InChI is InChI=1S/C14H22BrN3O/c1-4-18(5-2)9-10(3)17-14(19)12-8-11(15)6-7-13(12)16/h6-8,10H,4-5,9,16H2,1-3H3,(H,17,19). The van der Waals surface area contributed by atoms with Crippen molar-refractivity contribution in [3.05, 3.63) is 28.2 Å². The van der Waals surface area contributed by atoms with Gasteiger partial charge in [0.15, 0.2) is 0 Å². The molecule has 0 saturated heterocycles. The van der Waals surface area contributed by atoms with Crippen molar-refractivity contribution in [2.75, 3.05) is 25.4 Å². The van der Waals surface area contributed by atoms with Crippen LogP contribution >= 0.6 is 15.9 Å². The number of hydrogen-bond acceptors (Lipinski definition) is 3. The number of benzene rings is 1. The number of likely N-dealkylation sites (N-methyl/N-ethyl adjacent to an activating group) is 1. The number of hydrogen-bond donors (Lipinski definition) is 2. The number of nitrogens with two attached hydrogens (primary N) is 1. The van der Waals surface area contributed by atoms with Crippen molar-refractivity contribution in [2.45, 2.75) is 26.8 Å². The fourth-order valence-electron chi connectivity index (χ4n) is 1.94. The summed E-state index contributed by atoms with van der Waals surface area (Å²) in [5.41, 5.74) is 6.84. The largest absolute Gasteiger partial charge is 0.398 e. The van der Waals surface area contributed by atoms with Gasteiger partial charge in [0.2, 0.25) is 0 Å². The van der Waals surface area contributed by atoms with Crippen molar-refractivity contribution in [3.8, 4) is 0 Å². The maximum atomic E-state index is 12.2. The smallest absolute Gasteiger partial charge is 0.253 e. The van der Waals surface area contributed by atoms with E-state index in [9.17, 15) is 4.79 Å². The monoisotopic (exact) mass is 327 g/mol. The number of nitrogens with zero attached hydrogens (tertiary/aromatic N) is 1. The van der Waals surface area contributed by atoms with Crippen LogP contribution in [0.2, 0.25) is 0 Å². The van der Waals surface area contributed by atoms with Gasteiger partial charge in [-0.25, -0.2) is 0 Å². The Morgan fingerprint density at radius 2 is 2.05 bits per heavy atom. The maximum absolute atomic E-state index is 12.2. The minimum atomic E-state index is -0.126. The fraction of sp³-hybridized carbons (Fsp3) is 0.500. The highest BCUT2D eigenvalue weighted by Crippen LogP contribution is 2.18. The lowest BCUT2D eigenvalue weighted by molar-refractivity contribution is 0.0931. The molecule has 1 aromatic rings. The van der Waals surface area contributed by atoms with Gasteiger partial charge >= 0.3 is 0 Å². The van der Waals surface area contributed by atoms with Crippen molar-refractivity contribution in [3.63, 3.8) is 0 Å². The first kappa shape index (κ1) is 16.0. The van der Waals surface area contributed by atoms with Gasteiger partial charge in [0, 0.05) is 22.7 Å². The Morgan fingerprint density at radius 1 is 1.42 bits per heavy atom. The summed E-state index contributed by atoms with van der Waals surface area (Å²) in [6, 6.07) is 5.39. The average Bonchev–Trinajstić information content (AvgIpc) is 2.38. The summed E-state index contributed by atoms with van der Waals surface area (Å²) in [5, 5.41) is 2.98. The van der Waals surface area contributed by atoms with Crippen LogP contribution in [0, 0.1) is 0 Å². The lowest BCUT2D eigenvalue weighted by Crippen LogP contribution is -2.42. The number of halogens is 1. The molecule has 4 nitrogen and oxygen atoms in total. The van der Waals surface area contributed by atoms with Crippen molar-refractivity contribution in [2.24, 2.45) is 0 Å². The summed E-state index contributed by atoms with van der Waals surface area (Å²) in [7, 11) is 0. The van der Waals surface area contributed by atoms with Gasteiger partial charge in [0.1, 0.15) is 0 Å². The van der Waals surface area contributed by atoms with Crippen LogP contribution in [0.25, 0.3) is 0 Å². The molecule has 1 atom stereocenters. The van der Waals surface area contributed by atoms with Gasteiger partial charge < -0.3 is 16.0 Å². The van der Waals surface area contributed by atoms with Crippen LogP contribution < -0.4 is 11.1 Å². The summed E-state index contributed by atoms with van der Waals surface area (Å²) >= 11 is 3.35. The second-order valence-electron chi connectivity index (χ2n) is 4.59. The minimum Gasteiger partial charge on any atom is -0.398 e. The molecule has 1 aromatic carbocycles. The molecule has 0 aliphatic rings. The third-order valence-electron chi connectivity index (χ3n) is 3.06. The lowest BCUT2D eigenvalue weighted by Gasteiger charge is -2.23. The zero-order valence-corrected chi connectivity index (χ0v) is 13.3. The topological polar surface area (TPSA) is 58.4 Å². The van der Waals surface area contributed by atoms with E-state index in [4.69, 9.17) is 5.73 Å². The molecule has 0 aliphatic heterocycles. The van der Waals surface area contributed by atoms with E-state index >= 15 is 0 Å². The van der Waals surface area contributed by atoms with Crippen molar-refractivity contribution in [1.82, 2.24) is 10.2 Å². The number of amides is 1. The Labute approximate surface area is 123 Å². The van der Waals surface area contributed by atoms with Gasteiger partial charge in [0.05, 0.1) is 5.56 Å². The molecule has 1 amide bonds. The fourth-order valence-corrected chi connectivity index (χ4v) is 2.30. The molecular weight excluding hydrogens is 306 g/mol. The quantitative estimate of drug-likeness (QED) is 0.789. The van der Waals surface area contributed by atoms with Crippen molar-refractivity contribution in [1.29, 1.82) is 0 Å². The van der Waals surface area contributed by atoms with E-state index in [0.29, 0.717) is 11.3 Å². The molecule has 0 spiro atoms. The first-order valence-corrected chi connectivity index (χ1v) is 7.35. The molecule has 0 fully saturated rings. The Hall–Kier alpha value is -1.07. The Bertz CT molecular complexity index is 433. The number of nitrogens with one attached hydrogen (secondary N) is 1. The molecule has 19 heavy (non-hydrogen) atoms. The zero-order chi connectivity index (χ0) is 14.4. The first-order valence-electron chi connectivity index (χ1n) is 6.56. The number of rotatable bonds is 6. The summed E-state index contributed by atoms with van der Waals surface area (Å²) in [6.07, 6.45) is 0. The van der Waals surface area contributed by atoms with E-state index in [1.54, 1.807) is 12.1 Å². The van der Waals surface area contributed by atoms with E-state index < -0.39 is 0 Å². The predicted octanol–water partition coefficient (Wildman–Crippen LogP) is 2.49. The molecule has 0 aromatic heterocycles. The van der Waals surface area contributed by atoms with Gasteiger partial charge in [-0.05, 0) is 38.2 Å². The number of carbonyl (C=O) groups is 1. The SMILES string of the molecule is CCN(CC)CC(C)NC(=O)c1cc(Br)ccc1N. The van der Waals surface area contributed by atoms with Crippen LogP contribution in [-0.4, -0.2) is 36.5 Å². The van der Waals surface area contributed by atoms with Crippen LogP contribution in [0.4, 0.5) is 5.69 Å². The minimum absolute atomic E-state index is 0.0887. The maximum Gasteiger partial charge on any atom is 0.253 e. The van der Waals surface area contributed by atoms with Gasteiger partial charge in [-0.15, -0.1) is 0 Å². The average molecular weight is 328 g/mol. The molecular formula is C14H22BrN3O. The second-order valence-corrected chi connectivity index (χ2v) is 5.51. The van der Waals surface area contributed by atoms with Crippen LogP contribution in [0.15, 0.2) is 22.7 Å². The molecule has 0 bridgehead atoms. The van der Waals surface area contributed by atoms with E-state index in [1.807, 2.05) is 13.0 Å². The zero-order valence-electron chi connectivity index (χ0n) is 11.7. The van der Waals surface area contributed by atoms with Crippen LogP contribution in [-0.2, 0) is 0 Å². The molecule has 106 valence electrons. The molecule has 0 saturated carbocycles. The summed E-state index contributed by atoms with van der Waals surface area (Å²) < 4.78 is 0.850.